The molecular formula is C21H23NO5. The molecule has 6 heteroatoms. The summed E-state index contributed by atoms with van der Waals surface area (Å²) in [5, 5.41) is 2.64. The molecule has 1 amide bonds. The number of aryl methyl sites for hydroxylation is 1. The van der Waals surface area contributed by atoms with Crippen LogP contribution in [0.5, 0.6) is 5.75 Å². The Balaban J connectivity index is 1.98. The number of ketones is 1. The van der Waals surface area contributed by atoms with E-state index in [-0.39, 0.29) is 12.2 Å². The van der Waals surface area contributed by atoms with E-state index >= 15 is 0 Å². The second-order valence-corrected chi connectivity index (χ2v) is 6.25. The number of rotatable bonds is 7. The number of carbonyl (C=O) groups excluding carboxylic acids is 3. The normalized spacial score (nSPS) is 11.4. The lowest BCUT2D eigenvalue weighted by Crippen LogP contribution is -2.30. The summed E-state index contributed by atoms with van der Waals surface area (Å²) in [7, 11) is 1.53. The van der Waals surface area contributed by atoms with Gasteiger partial charge in [0.15, 0.2) is 11.9 Å². The van der Waals surface area contributed by atoms with E-state index in [1.54, 1.807) is 30.3 Å². The van der Waals surface area contributed by atoms with Gasteiger partial charge in [-0.1, -0.05) is 29.8 Å². The average Bonchev–Trinajstić information content (AvgIpc) is 2.62. The van der Waals surface area contributed by atoms with Crippen molar-refractivity contribution in [1.82, 2.24) is 0 Å². The molecule has 142 valence electrons. The van der Waals surface area contributed by atoms with E-state index in [0.29, 0.717) is 22.6 Å². The summed E-state index contributed by atoms with van der Waals surface area (Å²) < 4.78 is 10.5. The van der Waals surface area contributed by atoms with E-state index in [0.717, 1.165) is 5.56 Å². The molecule has 0 aliphatic rings. The van der Waals surface area contributed by atoms with Crippen LogP contribution in [0.15, 0.2) is 42.5 Å². The Morgan fingerprint density at radius 3 is 2.52 bits per heavy atom. The van der Waals surface area contributed by atoms with Crippen molar-refractivity contribution in [3.05, 3.63) is 59.2 Å². The van der Waals surface area contributed by atoms with E-state index < -0.39 is 18.0 Å². The lowest BCUT2D eigenvalue weighted by Gasteiger charge is -2.15. The van der Waals surface area contributed by atoms with Crippen molar-refractivity contribution in [3.63, 3.8) is 0 Å². The number of esters is 1. The fraction of sp³-hybridized carbons (Fsp3) is 0.286. The number of amides is 1. The predicted molar refractivity (Wildman–Crippen MR) is 102 cm³/mol. The van der Waals surface area contributed by atoms with Gasteiger partial charge < -0.3 is 14.8 Å². The summed E-state index contributed by atoms with van der Waals surface area (Å²) in [6.07, 6.45) is -0.975. The first kappa shape index (κ1) is 20.2. The molecule has 0 radical (unpaired) electrons. The molecule has 0 unspecified atom stereocenters. The molecule has 1 atom stereocenters. The third kappa shape index (κ3) is 5.67. The molecule has 1 N–H and O–H groups in total. The SMILES string of the molecule is COc1ccc(C)cc1CC(=O)O[C@H](C)C(=O)Nc1cccc(C(C)=O)c1. The van der Waals surface area contributed by atoms with Crippen molar-refractivity contribution in [3.8, 4) is 5.75 Å². The van der Waals surface area contributed by atoms with E-state index in [2.05, 4.69) is 5.32 Å². The predicted octanol–water partition coefficient (Wildman–Crippen LogP) is 3.32. The molecule has 0 aliphatic carbocycles. The molecule has 2 aromatic carbocycles. The largest absolute Gasteiger partial charge is 0.496 e. The van der Waals surface area contributed by atoms with Crippen molar-refractivity contribution < 1.29 is 23.9 Å². The molecule has 0 saturated carbocycles. The quantitative estimate of drug-likeness (QED) is 0.598. The molecule has 0 heterocycles. The number of nitrogens with one attached hydrogen (secondary N) is 1. The van der Waals surface area contributed by atoms with E-state index in [1.807, 2.05) is 19.1 Å². The Morgan fingerprint density at radius 1 is 1.11 bits per heavy atom. The van der Waals surface area contributed by atoms with Gasteiger partial charge in [-0.05, 0) is 39.0 Å². The number of ether oxygens (including phenoxy) is 2. The fourth-order valence-electron chi connectivity index (χ4n) is 2.55. The van der Waals surface area contributed by atoms with Gasteiger partial charge in [-0.25, -0.2) is 0 Å². The van der Waals surface area contributed by atoms with Crippen molar-refractivity contribution >= 4 is 23.3 Å². The number of hydrogen-bond donors (Lipinski definition) is 1. The minimum atomic E-state index is -0.978. The summed E-state index contributed by atoms with van der Waals surface area (Å²) in [4.78, 5) is 35.9. The van der Waals surface area contributed by atoms with Crippen LogP contribution in [0, 0.1) is 6.92 Å². The first-order valence-electron chi connectivity index (χ1n) is 8.55. The van der Waals surface area contributed by atoms with Crippen LogP contribution in [0.25, 0.3) is 0 Å². The third-order valence-electron chi connectivity index (χ3n) is 3.98. The summed E-state index contributed by atoms with van der Waals surface area (Å²) in [5.74, 6) is -0.507. The summed E-state index contributed by atoms with van der Waals surface area (Å²) in [5.41, 5.74) is 2.65. The lowest BCUT2D eigenvalue weighted by atomic mass is 10.1. The first-order valence-corrected chi connectivity index (χ1v) is 8.55. The van der Waals surface area contributed by atoms with Crippen molar-refractivity contribution in [2.75, 3.05) is 12.4 Å². The van der Waals surface area contributed by atoms with Gasteiger partial charge in [-0.2, -0.15) is 0 Å². The van der Waals surface area contributed by atoms with Gasteiger partial charge in [-0.15, -0.1) is 0 Å². The lowest BCUT2D eigenvalue weighted by molar-refractivity contribution is -0.152. The summed E-state index contributed by atoms with van der Waals surface area (Å²) in [6.45, 7) is 4.86. The van der Waals surface area contributed by atoms with Crippen molar-refractivity contribution in [1.29, 1.82) is 0 Å². The maximum absolute atomic E-state index is 12.3. The fourth-order valence-corrected chi connectivity index (χ4v) is 2.55. The zero-order valence-corrected chi connectivity index (χ0v) is 15.9. The van der Waals surface area contributed by atoms with Crippen LogP contribution in [-0.2, 0) is 20.7 Å². The monoisotopic (exact) mass is 369 g/mol. The minimum absolute atomic E-state index is 0.00228. The highest BCUT2D eigenvalue weighted by Gasteiger charge is 2.19. The number of anilines is 1. The maximum atomic E-state index is 12.3. The number of hydrogen-bond acceptors (Lipinski definition) is 5. The van der Waals surface area contributed by atoms with Gasteiger partial charge in [0.1, 0.15) is 5.75 Å². The van der Waals surface area contributed by atoms with Gasteiger partial charge in [0, 0.05) is 16.8 Å². The Morgan fingerprint density at radius 2 is 1.85 bits per heavy atom. The van der Waals surface area contributed by atoms with Gasteiger partial charge >= 0.3 is 5.97 Å². The smallest absolute Gasteiger partial charge is 0.311 e. The Hall–Kier alpha value is -3.15. The number of Topliss-reactive ketones (excluding diaryl/α,β-unsaturated/α-hetero) is 1. The Bertz CT molecular complexity index is 859. The van der Waals surface area contributed by atoms with E-state index in [4.69, 9.17) is 9.47 Å². The standard InChI is InChI=1S/C21H23NO5/c1-13-8-9-19(26-4)17(10-13)12-20(24)27-15(3)21(25)22-18-7-5-6-16(11-18)14(2)23/h5-11,15H,12H2,1-4H3,(H,22,25)/t15-/m1/s1. The van der Waals surface area contributed by atoms with Gasteiger partial charge in [0.05, 0.1) is 13.5 Å². The van der Waals surface area contributed by atoms with Crippen LogP contribution < -0.4 is 10.1 Å². The topological polar surface area (TPSA) is 81.7 Å². The number of benzene rings is 2. The molecule has 27 heavy (non-hydrogen) atoms. The second kappa shape index (κ2) is 8.98. The van der Waals surface area contributed by atoms with Crippen LogP contribution >= 0.6 is 0 Å². The van der Waals surface area contributed by atoms with Gasteiger partial charge in [0.25, 0.3) is 5.91 Å². The van der Waals surface area contributed by atoms with Crippen LogP contribution in [-0.4, -0.2) is 30.9 Å². The van der Waals surface area contributed by atoms with E-state index in [9.17, 15) is 14.4 Å². The van der Waals surface area contributed by atoms with Crippen LogP contribution in [0.2, 0.25) is 0 Å². The highest BCUT2D eigenvalue weighted by atomic mass is 16.5. The Kier molecular flexibility index (Phi) is 6.71. The molecule has 0 fully saturated rings. The molecule has 2 rings (SSSR count). The molecule has 0 saturated heterocycles. The molecule has 6 nitrogen and oxygen atoms in total. The number of carbonyl (C=O) groups is 3. The van der Waals surface area contributed by atoms with Gasteiger partial charge in [0.2, 0.25) is 0 Å². The molecule has 2 aromatic rings. The molecule has 0 aliphatic heterocycles. The zero-order valence-electron chi connectivity index (χ0n) is 15.9. The third-order valence-corrected chi connectivity index (χ3v) is 3.98. The van der Waals surface area contributed by atoms with Crippen molar-refractivity contribution in [2.24, 2.45) is 0 Å². The highest BCUT2D eigenvalue weighted by Crippen LogP contribution is 2.21. The first-order chi connectivity index (χ1) is 12.8. The van der Waals surface area contributed by atoms with Crippen LogP contribution in [0.4, 0.5) is 5.69 Å². The summed E-state index contributed by atoms with van der Waals surface area (Å²) >= 11 is 0. The van der Waals surface area contributed by atoms with Crippen LogP contribution in [0.3, 0.4) is 0 Å². The van der Waals surface area contributed by atoms with E-state index in [1.165, 1.54) is 21.0 Å². The zero-order chi connectivity index (χ0) is 20.0. The molecule has 0 aromatic heterocycles. The second-order valence-electron chi connectivity index (χ2n) is 6.25. The number of methoxy groups -OCH3 is 1. The van der Waals surface area contributed by atoms with Crippen molar-refractivity contribution in [2.45, 2.75) is 33.3 Å². The summed E-state index contributed by atoms with van der Waals surface area (Å²) in [6, 6.07) is 12.1. The average molecular weight is 369 g/mol. The molecule has 0 spiro atoms. The minimum Gasteiger partial charge on any atom is -0.496 e. The maximum Gasteiger partial charge on any atom is 0.311 e. The molecular weight excluding hydrogens is 346 g/mol. The van der Waals surface area contributed by atoms with Gasteiger partial charge in [-0.3, -0.25) is 14.4 Å². The molecule has 0 bridgehead atoms. The van der Waals surface area contributed by atoms with Crippen LogP contribution in [0.1, 0.15) is 35.3 Å². The highest BCUT2D eigenvalue weighted by molar-refractivity contribution is 5.98. The Labute approximate surface area is 158 Å².